The van der Waals surface area contributed by atoms with Crippen molar-refractivity contribution in [1.29, 1.82) is 5.26 Å². The van der Waals surface area contributed by atoms with E-state index in [1.807, 2.05) is 11.8 Å². The summed E-state index contributed by atoms with van der Waals surface area (Å²) >= 11 is 0. The number of hydrogen-bond donors (Lipinski definition) is 0. The van der Waals surface area contributed by atoms with Crippen molar-refractivity contribution in [3.63, 3.8) is 0 Å². The van der Waals surface area contributed by atoms with Crippen LogP contribution in [-0.2, 0) is 6.18 Å². The third-order valence-corrected chi connectivity index (χ3v) is 2.43. The van der Waals surface area contributed by atoms with Gasteiger partial charge in [0.2, 0.25) is 0 Å². The Hall–Kier alpha value is -1.70. The molecule has 0 atom stereocenters. The summed E-state index contributed by atoms with van der Waals surface area (Å²) in [6.07, 6.45) is -3.59. The summed E-state index contributed by atoms with van der Waals surface area (Å²) in [5, 5.41) is 8.75. The summed E-state index contributed by atoms with van der Waals surface area (Å²) in [7, 11) is 1.78. The van der Waals surface area contributed by atoms with Crippen molar-refractivity contribution in [2.75, 3.05) is 18.5 Å². The second kappa shape index (κ2) is 5.09. The molecule has 0 aliphatic heterocycles. The molecule has 5 heteroatoms. The minimum Gasteiger partial charge on any atom is -0.375 e. The quantitative estimate of drug-likeness (QED) is 0.812. The van der Waals surface area contributed by atoms with Crippen molar-refractivity contribution in [3.8, 4) is 6.07 Å². The van der Waals surface area contributed by atoms with Crippen molar-refractivity contribution in [1.82, 2.24) is 0 Å². The van der Waals surface area contributed by atoms with Crippen molar-refractivity contribution < 1.29 is 13.2 Å². The summed E-state index contributed by atoms with van der Waals surface area (Å²) in [6, 6.07) is 5.22. The van der Waals surface area contributed by atoms with Crippen LogP contribution in [-0.4, -0.2) is 13.6 Å². The standard InChI is InChI=1S/C12H13F3N2/c1-3-6-17(2)10-4-5-11(12(13,14)15)9(7-10)8-16/h4-5,7H,3,6H2,1-2H3. The van der Waals surface area contributed by atoms with Crippen LogP contribution in [0.3, 0.4) is 0 Å². The number of anilines is 1. The zero-order chi connectivity index (χ0) is 13.1. The van der Waals surface area contributed by atoms with Crippen LogP contribution in [0, 0.1) is 11.3 Å². The van der Waals surface area contributed by atoms with Gasteiger partial charge in [-0.2, -0.15) is 18.4 Å². The number of rotatable bonds is 3. The maximum absolute atomic E-state index is 12.6. The summed E-state index contributed by atoms with van der Waals surface area (Å²) in [5.74, 6) is 0. The maximum Gasteiger partial charge on any atom is 0.417 e. The highest BCUT2D eigenvalue weighted by atomic mass is 19.4. The Morgan fingerprint density at radius 2 is 2.00 bits per heavy atom. The lowest BCUT2D eigenvalue weighted by atomic mass is 10.1. The maximum atomic E-state index is 12.6. The summed E-state index contributed by atoms with van der Waals surface area (Å²) in [5.41, 5.74) is -0.594. The number of nitrogens with zero attached hydrogens (tertiary/aromatic N) is 2. The van der Waals surface area contributed by atoms with E-state index in [0.29, 0.717) is 5.69 Å². The molecule has 0 N–H and O–H groups in total. The van der Waals surface area contributed by atoms with E-state index in [4.69, 9.17) is 5.26 Å². The summed E-state index contributed by atoms with van der Waals surface area (Å²) in [4.78, 5) is 1.82. The van der Waals surface area contributed by atoms with Crippen molar-refractivity contribution in [3.05, 3.63) is 29.3 Å². The molecule has 0 saturated carbocycles. The molecule has 0 aliphatic rings. The molecule has 0 amide bonds. The number of hydrogen-bond acceptors (Lipinski definition) is 2. The first-order valence-corrected chi connectivity index (χ1v) is 5.22. The predicted molar refractivity (Wildman–Crippen MR) is 59.7 cm³/mol. The van der Waals surface area contributed by atoms with Gasteiger partial charge in [0.25, 0.3) is 0 Å². The van der Waals surface area contributed by atoms with Crippen molar-refractivity contribution >= 4 is 5.69 Å². The van der Waals surface area contributed by atoms with Gasteiger partial charge in [-0.05, 0) is 24.6 Å². The normalized spacial score (nSPS) is 11.1. The molecule has 0 heterocycles. The average molecular weight is 242 g/mol. The van der Waals surface area contributed by atoms with Crippen LogP contribution >= 0.6 is 0 Å². The fraction of sp³-hybridized carbons (Fsp3) is 0.417. The molecule has 0 aromatic heterocycles. The lowest BCUT2D eigenvalue weighted by Crippen LogP contribution is -2.18. The van der Waals surface area contributed by atoms with Crippen LogP contribution in [0.15, 0.2) is 18.2 Å². The van der Waals surface area contributed by atoms with Gasteiger partial charge in [-0.25, -0.2) is 0 Å². The molecule has 0 saturated heterocycles. The highest BCUT2D eigenvalue weighted by molar-refractivity contribution is 5.54. The molecule has 0 aliphatic carbocycles. The van der Waals surface area contributed by atoms with Gasteiger partial charge in [0.15, 0.2) is 0 Å². The summed E-state index contributed by atoms with van der Waals surface area (Å²) < 4.78 is 37.7. The molecule has 1 aromatic carbocycles. The Bertz CT molecular complexity index is 432. The van der Waals surface area contributed by atoms with E-state index in [1.165, 1.54) is 12.1 Å². The van der Waals surface area contributed by atoms with Crippen LogP contribution in [0.4, 0.5) is 18.9 Å². The number of nitriles is 1. The molecule has 17 heavy (non-hydrogen) atoms. The largest absolute Gasteiger partial charge is 0.417 e. The van der Waals surface area contributed by atoms with Gasteiger partial charge < -0.3 is 4.90 Å². The first kappa shape index (κ1) is 13.4. The van der Waals surface area contributed by atoms with E-state index in [1.54, 1.807) is 13.1 Å². The third kappa shape index (κ3) is 3.13. The Balaban J connectivity index is 3.15. The highest BCUT2D eigenvalue weighted by Gasteiger charge is 2.33. The zero-order valence-electron chi connectivity index (χ0n) is 9.67. The van der Waals surface area contributed by atoms with E-state index in [-0.39, 0.29) is 5.56 Å². The van der Waals surface area contributed by atoms with E-state index >= 15 is 0 Å². The fourth-order valence-corrected chi connectivity index (χ4v) is 1.57. The molecule has 2 nitrogen and oxygen atoms in total. The lowest BCUT2D eigenvalue weighted by molar-refractivity contribution is -0.137. The van der Waals surface area contributed by atoms with Crippen LogP contribution in [0.5, 0.6) is 0 Å². The molecule has 0 bridgehead atoms. The molecule has 0 fully saturated rings. The minimum absolute atomic E-state index is 0.335. The second-order valence-corrected chi connectivity index (χ2v) is 3.76. The lowest BCUT2D eigenvalue weighted by Gasteiger charge is -2.19. The van der Waals surface area contributed by atoms with E-state index < -0.39 is 11.7 Å². The van der Waals surface area contributed by atoms with Crippen LogP contribution in [0.25, 0.3) is 0 Å². The van der Waals surface area contributed by atoms with Gasteiger partial charge in [-0.1, -0.05) is 6.92 Å². The number of benzene rings is 1. The zero-order valence-corrected chi connectivity index (χ0v) is 9.67. The first-order valence-electron chi connectivity index (χ1n) is 5.22. The van der Waals surface area contributed by atoms with E-state index in [2.05, 4.69) is 0 Å². The van der Waals surface area contributed by atoms with Gasteiger partial charge >= 0.3 is 6.18 Å². The fourth-order valence-electron chi connectivity index (χ4n) is 1.57. The highest BCUT2D eigenvalue weighted by Crippen LogP contribution is 2.33. The van der Waals surface area contributed by atoms with Gasteiger partial charge in [0, 0.05) is 19.3 Å². The molecule has 0 unspecified atom stereocenters. The van der Waals surface area contributed by atoms with Crippen LogP contribution in [0.1, 0.15) is 24.5 Å². The first-order chi connectivity index (χ1) is 7.90. The van der Waals surface area contributed by atoms with Crippen molar-refractivity contribution in [2.24, 2.45) is 0 Å². The van der Waals surface area contributed by atoms with Gasteiger partial charge in [-0.15, -0.1) is 0 Å². The third-order valence-electron chi connectivity index (χ3n) is 2.43. The van der Waals surface area contributed by atoms with E-state index in [0.717, 1.165) is 19.0 Å². The molecule has 92 valence electrons. The minimum atomic E-state index is -4.48. The Morgan fingerprint density at radius 3 is 2.47 bits per heavy atom. The molecular weight excluding hydrogens is 229 g/mol. The second-order valence-electron chi connectivity index (χ2n) is 3.76. The topological polar surface area (TPSA) is 27.0 Å². The van der Waals surface area contributed by atoms with Crippen LogP contribution in [0.2, 0.25) is 0 Å². The molecule has 0 spiro atoms. The van der Waals surface area contributed by atoms with Crippen molar-refractivity contribution in [2.45, 2.75) is 19.5 Å². The molecule has 0 radical (unpaired) electrons. The molecular formula is C12H13F3N2. The SMILES string of the molecule is CCCN(C)c1ccc(C(F)(F)F)c(C#N)c1. The van der Waals surface area contributed by atoms with Crippen LogP contribution < -0.4 is 4.90 Å². The Morgan fingerprint density at radius 1 is 1.35 bits per heavy atom. The predicted octanol–water partition coefficient (Wildman–Crippen LogP) is 3.42. The number of halogens is 3. The van der Waals surface area contributed by atoms with Gasteiger partial charge in [-0.3, -0.25) is 0 Å². The average Bonchev–Trinajstić information content (AvgIpc) is 2.27. The Labute approximate surface area is 98.3 Å². The monoisotopic (exact) mass is 242 g/mol. The van der Waals surface area contributed by atoms with Gasteiger partial charge in [0.1, 0.15) is 0 Å². The smallest absolute Gasteiger partial charge is 0.375 e. The van der Waals surface area contributed by atoms with Gasteiger partial charge in [0.05, 0.1) is 17.2 Å². The molecule has 1 rings (SSSR count). The molecule has 1 aromatic rings. The summed E-state index contributed by atoms with van der Waals surface area (Å²) in [6.45, 7) is 2.71. The number of alkyl halides is 3. The van der Waals surface area contributed by atoms with E-state index in [9.17, 15) is 13.2 Å². The Kier molecular flexibility index (Phi) is 4.00.